The van der Waals surface area contributed by atoms with E-state index in [1.54, 1.807) is 11.3 Å². The fraction of sp³-hybridized carbons (Fsp3) is 0.385. The third-order valence-electron chi connectivity index (χ3n) is 2.58. The first kappa shape index (κ1) is 13.0. The molecule has 0 radical (unpaired) electrons. The van der Waals surface area contributed by atoms with Crippen molar-refractivity contribution in [3.05, 3.63) is 29.3 Å². The number of carbonyl (C=O) groups excluding carboxylic acids is 1. The molecule has 1 heterocycles. The van der Waals surface area contributed by atoms with Crippen molar-refractivity contribution in [1.82, 2.24) is 10.3 Å². The number of carbonyl (C=O) groups is 1. The van der Waals surface area contributed by atoms with Crippen LogP contribution in [0.25, 0.3) is 10.2 Å². The highest BCUT2D eigenvalue weighted by molar-refractivity contribution is 7.16. The summed E-state index contributed by atoms with van der Waals surface area (Å²) in [6.45, 7) is 3.27. The highest BCUT2D eigenvalue weighted by Gasteiger charge is 2.04. The highest BCUT2D eigenvalue weighted by Crippen LogP contribution is 2.22. The summed E-state index contributed by atoms with van der Waals surface area (Å²) >= 11 is 1.66. The molecule has 1 N–H and O–H groups in total. The fourth-order valence-electron chi connectivity index (χ4n) is 1.77. The van der Waals surface area contributed by atoms with E-state index in [1.165, 1.54) is 10.3 Å². The number of fused-ring (bicyclic) bond motifs is 1. The number of ether oxygens (including phenoxy) is 1. The maximum atomic E-state index is 11.1. The van der Waals surface area contributed by atoms with Gasteiger partial charge in [0.15, 0.2) is 0 Å². The van der Waals surface area contributed by atoms with Gasteiger partial charge in [-0.05, 0) is 31.5 Å². The van der Waals surface area contributed by atoms with Crippen molar-refractivity contribution < 1.29 is 9.53 Å². The number of benzene rings is 1. The van der Waals surface area contributed by atoms with Gasteiger partial charge >= 0.3 is 5.97 Å². The third kappa shape index (κ3) is 3.27. The highest BCUT2D eigenvalue weighted by atomic mass is 32.1. The van der Waals surface area contributed by atoms with Crippen LogP contribution in [0, 0.1) is 0 Å². The van der Waals surface area contributed by atoms with Crippen LogP contribution in [0.5, 0.6) is 0 Å². The Labute approximate surface area is 110 Å². The van der Waals surface area contributed by atoms with Crippen molar-refractivity contribution >= 4 is 27.5 Å². The Morgan fingerprint density at radius 1 is 1.50 bits per heavy atom. The van der Waals surface area contributed by atoms with Crippen LogP contribution in [0.2, 0.25) is 0 Å². The summed E-state index contributed by atoms with van der Waals surface area (Å²) in [6, 6.07) is 6.14. The van der Waals surface area contributed by atoms with Gasteiger partial charge in [-0.15, -0.1) is 11.3 Å². The largest absolute Gasteiger partial charge is 0.465 e. The molecule has 5 heteroatoms. The molecule has 0 amide bonds. The summed E-state index contributed by atoms with van der Waals surface area (Å²) in [6.07, 6.45) is 0.888. The number of esters is 1. The molecule has 0 aliphatic carbocycles. The zero-order valence-electron chi connectivity index (χ0n) is 10.3. The molecule has 0 aliphatic rings. The molecule has 96 valence electrons. The average Bonchev–Trinajstić information content (AvgIpc) is 2.84. The summed E-state index contributed by atoms with van der Waals surface area (Å²) in [5, 5.41) is 3.09. The van der Waals surface area contributed by atoms with Crippen LogP contribution < -0.4 is 5.32 Å². The molecule has 0 fully saturated rings. The molecular weight excluding hydrogens is 248 g/mol. The third-order valence-corrected chi connectivity index (χ3v) is 3.50. The standard InChI is InChI=1S/C13H16N2O2S/c1-2-17-12(16)8-14-7-6-10-4-3-5-11-13(10)18-9-15-11/h3-5,9,14H,2,6-8H2,1H3. The van der Waals surface area contributed by atoms with E-state index in [2.05, 4.69) is 16.4 Å². The van der Waals surface area contributed by atoms with E-state index in [0.717, 1.165) is 18.5 Å². The van der Waals surface area contributed by atoms with E-state index in [4.69, 9.17) is 4.74 Å². The van der Waals surface area contributed by atoms with Crippen LogP contribution in [0.4, 0.5) is 0 Å². The lowest BCUT2D eigenvalue weighted by molar-refractivity contribution is -0.141. The molecule has 4 nitrogen and oxygen atoms in total. The molecule has 0 saturated heterocycles. The zero-order valence-corrected chi connectivity index (χ0v) is 11.1. The first-order chi connectivity index (χ1) is 8.81. The maximum Gasteiger partial charge on any atom is 0.319 e. The lowest BCUT2D eigenvalue weighted by Crippen LogP contribution is -2.26. The molecular formula is C13H16N2O2S. The summed E-state index contributed by atoms with van der Waals surface area (Å²) in [7, 11) is 0. The first-order valence-corrected chi connectivity index (χ1v) is 6.86. The number of nitrogens with zero attached hydrogens (tertiary/aromatic N) is 1. The maximum absolute atomic E-state index is 11.1. The monoisotopic (exact) mass is 264 g/mol. The van der Waals surface area contributed by atoms with Gasteiger partial charge in [0.1, 0.15) is 0 Å². The molecule has 0 unspecified atom stereocenters. The minimum atomic E-state index is -0.200. The van der Waals surface area contributed by atoms with Gasteiger partial charge in [0.05, 0.1) is 28.9 Å². The predicted molar refractivity (Wildman–Crippen MR) is 72.8 cm³/mol. The molecule has 0 saturated carbocycles. The van der Waals surface area contributed by atoms with E-state index in [-0.39, 0.29) is 12.5 Å². The summed E-state index contributed by atoms with van der Waals surface area (Å²) in [5.41, 5.74) is 4.18. The van der Waals surface area contributed by atoms with E-state index in [1.807, 2.05) is 24.6 Å². The van der Waals surface area contributed by atoms with Gasteiger partial charge < -0.3 is 10.1 Å². The van der Waals surface area contributed by atoms with Gasteiger partial charge in [0.2, 0.25) is 0 Å². The van der Waals surface area contributed by atoms with E-state index in [0.29, 0.717) is 6.61 Å². The molecule has 2 aromatic rings. The summed E-state index contributed by atoms with van der Waals surface area (Å²) in [4.78, 5) is 15.4. The first-order valence-electron chi connectivity index (χ1n) is 5.98. The number of thiazole rings is 1. The van der Waals surface area contributed by atoms with E-state index in [9.17, 15) is 4.79 Å². The molecule has 0 aliphatic heterocycles. The van der Waals surface area contributed by atoms with Gasteiger partial charge in [0, 0.05) is 0 Å². The van der Waals surface area contributed by atoms with Crippen LogP contribution in [0.3, 0.4) is 0 Å². The fourth-order valence-corrected chi connectivity index (χ4v) is 2.60. The molecule has 0 spiro atoms. The Bertz CT molecular complexity index is 524. The van der Waals surface area contributed by atoms with Crippen molar-refractivity contribution in [2.75, 3.05) is 19.7 Å². The Morgan fingerprint density at radius 3 is 3.22 bits per heavy atom. The molecule has 2 rings (SSSR count). The van der Waals surface area contributed by atoms with Gasteiger partial charge in [-0.3, -0.25) is 4.79 Å². The van der Waals surface area contributed by atoms with Crippen molar-refractivity contribution in [2.24, 2.45) is 0 Å². The Balaban J connectivity index is 1.83. The normalized spacial score (nSPS) is 10.7. The van der Waals surface area contributed by atoms with Crippen LogP contribution in [0.15, 0.2) is 23.7 Å². The van der Waals surface area contributed by atoms with Crippen molar-refractivity contribution in [3.8, 4) is 0 Å². The molecule has 18 heavy (non-hydrogen) atoms. The number of hydrogen-bond donors (Lipinski definition) is 1. The molecule has 1 aromatic heterocycles. The second-order valence-corrected chi connectivity index (χ2v) is 4.70. The Hall–Kier alpha value is -1.46. The van der Waals surface area contributed by atoms with E-state index >= 15 is 0 Å². The lowest BCUT2D eigenvalue weighted by Gasteiger charge is -2.05. The number of hydrogen-bond acceptors (Lipinski definition) is 5. The SMILES string of the molecule is CCOC(=O)CNCCc1cccc2ncsc12. The quantitative estimate of drug-likeness (QED) is 0.640. The van der Waals surface area contributed by atoms with Crippen LogP contribution in [0.1, 0.15) is 12.5 Å². The van der Waals surface area contributed by atoms with Crippen molar-refractivity contribution in [2.45, 2.75) is 13.3 Å². The lowest BCUT2D eigenvalue weighted by atomic mass is 10.1. The van der Waals surface area contributed by atoms with Gasteiger partial charge in [-0.25, -0.2) is 4.98 Å². The number of rotatable bonds is 6. The van der Waals surface area contributed by atoms with Gasteiger partial charge in [-0.2, -0.15) is 0 Å². The van der Waals surface area contributed by atoms with Crippen LogP contribution in [-0.4, -0.2) is 30.6 Å². The Morgan fingerprint density at radius 2 is 2.39 bits per heavy atom. The molecule has 0 bridgehead atoms. The molecule has 0 atom stereocenters. The van der Waals surface area contributed by atoms with Gasteiger partial charge in [0.25, 0.3) is 0 Å². The second kappa shape index (κ2) is 6.47. The predicted octanol–water partition coefficient (Wildman–Crippen LogP) is 1.99. The van der Waals surface area contributed by atoms with E-state index < -0.39 is 0 Å². The van der Waals surface area contributed by atoms with Crippen molar-refractivity contribution in [3.63, 3.8) is 0 Å². The van der Waals surface area contributed by atoms with Crippen molar-refractivity contribution in [1.29, 1.82) is 0 Å². The summed E-state index contributed by atoms with van der Waals surface area (Å²) in [5.74, 6) is -0.200. The molecule has 1 aromatic carbocycles. The second-order valence-electron chi connectivity index (χ2n) is 3.85. The zero-order chi connectivity index (χ0) is 12.8. The Kier molecular flexibility index (Phi) is 4.66. The topological polar surface area (TPSA) is 51.2 Å². The average molecular weight is 264 g/mol. The van der Waals surface area contributed by atoms with Gasteiger partial charge in [-0.1, -0.05) is 12.1 Å². The smallest absolute Gasteiger partial charge is 0.319 e. The minimum Gasteiger partial charge on any atom is -0.465 e. The minimum absolute atomic E-state index is 0.200. The number of nitrogens with one attached hydrogen (secondary N) is 1. The number of aromatic nitrogens is 1. The summed E-state index contributed by atoms with van der Waals surface area (Å²) < 4.78 is 6.07. The van der Waals surface area contributed by atoms with Crippen LogP contribution >= 0.6 is 11.3 Å². The van der Waals surface area contributed by atoms with Crippen LogP contribution in [-0.2, 0) is 16.0 Å².